The maximum atomic E-state index is 3.36. The second-order valence-electron chi connectivity index (χ2n) is 2.66. The van der Waals surface area contributed by atoms with Crippen LogP contribution in [0.4, 0.5) is 5.69 Å². The van der Waals surface area contributed by atoms with Gasteiger partial charge in [0.2, 0.25) is 0 Å². The zero-order valence-electron chi connectivity index (χ0n) is 6.79. The number of thioether (sulfide) groups is 1. The SMILES string of the molecule is C1=C\CSc2ccccc2NC/1. The highest BCUT2D eigenvalue weighted by Crippen LogP contribution is 2.27. The van der Waals surface area contributed by atoms with Crippen molar-refractivity contribution in [3.8, 4) is 0 Å². The van der Waals surface area contributed by atoms with Crippen LogP contribution in [0.2, 0.25) is 0 Å². The Hall–Kier alpha value is -0.890. The molecule has 1 aromatic rings. The van der Waals surface area contributed by atoms with Gasteiger partial charge in [-0.15, -0.1) is 11.8 Å². The molecule has 0 unspecified atom stereocenters. The van der Waals surface area contributed by atoms with Gasteiger partial charge in [0.05, 0.1) is 0 Å². The number of hydrogen-bond donors (Lipinski definition) is 1. The minimum Gasteiger partial charge on any atom is -0.381 e. The van der Waals surface area contributed by atoms with Crippen LogP contribution in [0.25, 0.3) is 0 Å². The molecule has 0 amide bonds. The number of nitrogens with one attached hydrogen (secondary N) is 1. The molecule has 0 aromatic heterocycles. The van der Waals surface area contributed by atoms with Crippen LogP contribution in [-0.2, 0) is 0 Å². The van der Waals surface area contributed by atoms with Crippen LogP contribution in [-0.4, -0.2) is 12.3 Å². The first-order chi connectivity index (χ1) is 5.97. The Bertz CT molecular complexity index is 265. The molecule has 0 fully saturated rings. The van der Waals surface area contributed by atoms with Crippen molar-refractivity contribution >= 4 is 17.4 Å². The first kappa shape index (κ1) is 7.74. The maximum Gasteiger partial charge on any atom is 0.0480 e. The molecule has 2 heteroatoms. The van der Waals surface area contributed by atoms with Crippen LogP contribution in [0.15, 0.2) is 41.3 Å². The van der Waals surface area contributed by atoms with Crippen molar-refractivity contribution in [3.05, 3.63) is 36.4 Å². The number of benzene rings is 1. The zero-order valence-corrected chi connectivity index (χ0v) is 7.60. The Morgan fingerprint density at radius 3 is 3.08 bits per heavy atom. The van der Waals surface area contributed by atoms with Gasteiger partial charge in [0.25, 0.3) is 0 Å². The zero-order chi connectivity index (χ0) is 8.23. The maximum absolute atomic E-state index is 3.36. The number of anilines is 1. The molecule has 62 valence electrons. The van der Waals surface area contributed by atoms with Gasteiger partial charge in [-0.1, -0.05) is 24.3 Å². The van der Waals surface area contributed by atoms with Crippen molar-refractivity contribution in [2.45, 2.75) is 4.90 Å². The molecule has 0 saturated heterocycles. The fourth-order valence-electron chi connectivity index (χ4n) is 1.20. The smallest absolute Gasteiger partial charge is 0.0480 e. The molecule has 1 aliphatic heterocycles. The van der Waals surface area contributed by atoms with Crippen molar-refractivity contribution in [2.75, 3.05) is 17.6 Å². The van der Waals surface area contributed by atoms with Gasteiger partial charge in [0, 0.05) is 22.9 Å². The van der Waals surface area contributed by atoms with E-state index in [4.69, 9.17) is 0 Å². The summed E-state index contributed by atoms with van der Waals surface area (Å²) >= 11 is 1.87. The summed E-state index contributed by atoms with van der Waals surface area (Å²) in [5.74, 6) is 1.08. The van der Waals surface area contributed by atoms with E-state index in [0.717, 1.165) is 12.3 Å². The molecule has 0 atom stereocenters. The summed E-state index contributed by atoms with van der Waals surface area (Å²) in [4.78, 5) is 1.35. The largest absolute Gasteiger partial charge is 0.381 e. The van der Waals surface area contributed by atoms with E-state index in [9.17, 15) is 0 Å². The lowest BCUT2D eigenvalue weighted by Crippen LogP contribution is -2.01. The molecule has 1 N–H and O–H groups in total. The molecular formula is C10H11NS. The molecule has 0 saturated carbocycles. The summed E-state index contributed by atoms with van der Waals surface area (Å²) < 4.78 is 0. The van der Waals surface area contributed by atoms with Crippen LogP contribution >= 0.6 is 11.8 Å². The predicted octanol–water partition coefficient (Wildman–Crippen LogP) is 2.76. The van der Waals surface area contributed by atoms with Gasteiger partial charge in [-0.3, -0.25) is 0 Å². The second kappa shape index (κ2) is 3.68. The third-order valence-electron chi connectivity index (χ3n) is 1.80. The van der Waals surface area contributed by atoms with Crippen LogP contribution in [0.5, 0.6) is 0 Å². The summed E-state index contributed by atoms with van der Waals surface area (Å²) in [6, 6.07) is 8.43. The molecule has 0 bridgehead atoms. The van der Waals surface area contributed by atoms with Gasteiger partial charge in [-0.05, 0) is 12.1 Å². The molecule has 1 nitrogen and oxygen atoms in total. The second-order valence-corrected chi connectivity index (χ2v) is 3.72. The van der Waals surface area contributed by atoms with E-state index >= 15 is 0 Å². The third kappa shape index (κ3) is 1.64. The van der Waals surface area contributed by atoms with E-state index in [-0.39, 0.29) is 0 Å². The minimum absolute atomic E-state index is 0.942. The normalized spacial score (nSPS) is 18.3. The molecule has 1 heterocycles. The summed E-state index contributed by atoms with van der Waals surface area (Å²) in [6.07, 6.45) is 4.37. The van der Waals surface area contributed by atoms with Crippen molar-refractivity contribution in [2.24, 2.45) is 0 Å². The van der Waals surface area contributed by atoms with Crippen molar-refractivity contribution in [1.29, 1.82) is 0 Å². The average molecular weight is 177 g/mol. The van der Waals surface area contributed by atoms with Crippen LogP contribution in [0.1, 0.15) is 0 Å². The fraction of sp³-hybridized carbons (Fsp3) is 0.200. The Morgan fingerprint density at radius 1 is 1.17 bits per heavy atom. The van der Waals surface area contributed by atoms with E-state index in [2.05, 4.69) is 41.7 Å². The van der Waals surface area contributed by atoms with Gasteiger partial charge in [0.15, 0.2) is 0 Å². The van der Waals surface area contributed by atoms with E-state index in [1.807, 2.05) is 11.8 Å². The standard InChI is InChI=1S/C10H11NS/c1-2-6-10-9(5-1)11-7-3-4-8-12-10/h1-6,11H,7-8H2/b4-3-. The first-order valence-corrected chi connectivity index (χ1v) is 5.06. The minimum atomic E-state index is 0.942. The van der Waals surface area contributed by atoms with Gasteiger partial charge in [0.1, 0.15) is 0 Å². The number of rotatable bonds is 0. The summed E-state index contributed by atoms with van der Waals surface area (Å²) in [5.41, 5.74) is 1.26. The summed E-state index contributed by atoms with van der Waals surface area (Å²) in [7, 11) is 0. The van der Waals surface area contributed by atoms with E-state index < -0.39 is 0 Å². The quantitative estimate of drug-likeness (QED) is 0.611. The molecule has 0 aliphatic carbocycles. The van der Waals surface area contributed by atoms with Crippen molar-refractivity contribution in [1.82, 2.24) is 0 Å². The Morgan fingerprint density at radius 2 is 2.08 bits per heavy atom. The Labute approximate surface area is 76.9 Å². The van der Waals surface area contributed by atoms with Gasteiger partial charge < -0.3 is 5.32 Å². The highest BCUT2D eigenvalue weighted by atomic mass is 32.2. The van der Waals surface area contributed by atoms with E-state index in [1.165, 1.54) is 10.6 Å². The van der Waals surface area contributed by atoms with Gasteiger partial charge >= 0.3 is 0 Å². The Kier molecular flexibility index (Phi) is 2.37. The Balaban J connectivity index is 2.29. The molecule has 1 aliphatic rings. The van der Waals surface area contributed by atoms with Gasteiger partial charge in [-0.2, -0.15) is 0 Å². The molecule has 1 aromatic carbocycles. The molecule has 0 spiro atoms. The fourth-order valence-corrected chi connectivity index (χ4v) is 2.08. The average Bonchev–Trinajstić information content (AvgIpc) is 2.06. The molecule has 12 heavy (non-hydrogen) atoms. The monoisotopic (exact) mass is 177 g/mol. The van der Waals surface area contributed by atoms with E-state index in [0.29, 0.717) is 0 Å². The predicted molar refractivity (Wildman–Crippen MR) is 54.8 cm³/mol. The lowest BCUT2D eigenvalue weighted by atomic mass is 10.3. The topological polar surface area (TPSA) is 12.0 Å². The lowest BCUT2D eigenvalue weighted by Gasteiger charge is -2.11. The van der Waals surface area contributed by atoms with E-state index in [1.54, 1.807) is 0 Å². The van der Waals surface area contributed by atoms with Crippen molar-refractivity contribution < 1.29 is 0 Å². The van der Waals surface area contributed by atoms with Crippen LogP contribution in [0.3, 0.4) is 0 Å². The number of hydrogen-bond acceptors (Lipinski definition) is 2. The third-order valence-corrected chi connectivity index (χ3v) is 2.83. The summed E-state index contributed by atoms with van der Waals surface area (Å²) in [6.45, 7) is 0.942. The summed E-state index contributed by atoms with van der Waals surface area (Å²) in [5, 5.41) is 3.36. The molecule has 2 rings (SSSR count). The first-order valence-electron chi connectivity index (χ1n) is 4.07. The lowest BCUT2D eigenvalue weighted by molar-refractivity contribution is 1.27. The van der Waals surface area contributed by atoms with Gasteiger partial charge in [-0.25, -0.2) is 0 Å². The van der Waals surface area contributed by atoms with Crippen molar-refractivity contribution in [3.63, 3.8) is 0 Å². The highest BCUT2D eigenvalue weighted by molar-refractivity contribution is 7.99. The highest BCUT2D eigenvalue weighted by Gasteiger charge is 2.01. The van der Waals surface area contributed by atoms with Crippen LogP contribution in [0, 0.1) is 0 Å². The molecule has 0 radical (unpaired) electrons. The number of fused-ring (bicyclic) bond motifs is 1. The van der Waals surface area contributed by atoms with Crippen LogP contribution < -0.4 is 5.32 Å². The number of para-hydroxylation sites is 1. The molecular weight excluding hydrogens is 166 g/mol.